The first-order valence-electron chi connectivity index (χ1n) is 20.8. The van der Waals surface area contributed by atoms with E-state index in [9.17, 15) is 24.5 Å². The number of allylic oxidation sites excluding steroid dienone is 7. The van der Waals surface area contributed by atoms with Gasteiger partial charge in [0.05, 0.1) is 37.9 Å². The van der Waals surface area contributed by atoms with Gasteiger partial charge in [-0.05, 0) is 70.6 Å². The van der Waals surface area contributed by atoms with Gasteiger partial charge >= 0.3 is 7.82 Å². The minimum atomic E-state index is -4.41. The summed E-state index contributed by atoms with van der Waals surface area (Å²) in [6, 6.07) is -1.01. The quantitative estimate of drug-likeness (QED) is 0.0237. The summed E-state index contributed by atoms with van der Waals surface area (Å²) >= 11 is 0. The Hall–Kier alpha value is -1.58. The van der Waals surface area contributed by atoms with Crippen LogP contribution < -0.4 is 11.1 Å². The highest BCUT2D eigenvalue weighted by molar-refractivity contribution is 7.47. The highest BCUT2D eigenvalue weighted by Crippen LogP contribution is 2.43. The zero-order valence-corrected chi connectivity index (χ0v) is 34.0. The van der Waals surface area contributed by atoms with Gasteiger partial charge in [-0.25, -0.2) is 4.57 Å². The largest absolute Gasteiger partial charge is 0.472 e. The molecule has 0 aliphatic carbocycles. The number of phosphoric ester groups is 1. The first-order chi connectivity index (χ1) is 25.3. The second-order valence-corrected chi connectivity index (χ2v) is 15.5. The van der Waals surface area contributed by atoms with Crippen molar-refractivity contribution < 1.29 is 33.5 Å². The molecule has 0 spiro atoms. The maximum absolute atomic E-state index is 12.7. The SMILES string of the molecule is CCCCCCCC/C=C\CCCC(O)CC(=O)NC(COP(=O)(O)OCCN)C(O)/C=C/CC/C=C/CC/C=C/CCCCCCCCCCC. The molecular weight excluding hydrogens is 675 g/mol. The van der Waals surface area contributed by atoms with Crippen molar-refractivity contribution in [1.82, 2.24) is 5.32 Å². The molecule has 0 aliphatic rings. The smallest absolute Gasteiger partial charge is 0.393 e. The second-order valence-electron chi connectivity index (χ2n) is 14.0. The lowest BCUT2D eigenvalue weighted by molar-refractivity contribution is -0.124. The molecule has 9 nitrogen and oxygen atoms in total. The van der Waals surface area contributed by atoms with Crippen LogP contribution in [0, 0.1) is 0 Å². The van der Waals surface area contributed by atoms with Crippen molar-refractivity contribution in [2.45, 2.75) is 193 Å². The summed E-state index contributed by atoms with van der Waals surface area (Å²) in [5, 5.41) is 23.9. The van der Waals surface area contributed by atoms with Crippen LogP contribution in [-0.2, 0) is 18.4 Å². The summed E-state index contributed by atoms with van der Waals surface area (Å²) in [4.78, 5) is 22.7. The standard InChI is InChI=1S/C42H79N2O7P/c1-3-5-7-9-11-13-15-16-17-18-19-20-21-22-24-26-28-30-32-34-41(46)40(38-51-52(48,49)50-36-35-43)44-42(47)37-39(45)33-31-29-27-25-23-14-12-10-8-6-4-2/h19-20,24-27,32,34,39-41,45-46H,3-18,21-23,28-31,33,35-38,43H2,1-2H3,(H,44,47)(H,48,49)/b20-19+,26-24+,27-25-,34-32+. The molecule has 0 heterocycles. The first kappa shape index (κ1) is 50.4. The van der Waals surface area contributed by atoms with E-state index in [4.69, 9.17) is 14.8 Å². The summed E-state index contributed by atoms with van der Waals surface area (Å²) < 4.78 is 22.0. The molecule has 1 amide bonds. The van der Waals surface area contributed by atoms with Crippen molar-refractivity contribution in [2.75, 3.05) is 19.8 Å². The van der Waals surface area contributed by atoms with Crippen LogP contribution in [0.3, 0.4) is 0 Å². The molecule has 0 aromatic heterocycles. The fraction of sp³-hybridized carbons (Fsp3) is 0.786. The number of hydrogen-bond donors (Lipinski definition) is 5. The molecule has 0 aromatic rings. The Morgan fingerprint density at radius 3 is 1.60 bits per heavy atom. The van der Waals surface area contributed by atoms with E-state index in [2.05, 4.69) is 55.6 Å². The summed E-state index contributed by atoms with van der Waals surface area (Å²) in [7, 11) is -4.41. The van der Waals surface area contributed by atoms with Crippen molar-refractivity contribution in [3.05, 3.63) is 48.6 Å². The summed E-state index contributed by atoms with van der Waals surface area (Å²) in [5.41, 5.74) is 5.35. The Balaban J connectivity index is 4.48. The lowest BCUT2D eigenvalue weighted by atomic mass is 10.1. The van der Waals surface area contributed by atoms with Gasteiger partial charge in [-0.15, -0.1) is 0 Å². The van der Waals surface area contributed by atoms with E-state index < -0.39 is 38.6 Å². The number of unbranched alkanes of at least 4 members (excludes halogenated alkanes) is 18. The van der Waals surface area contributed by atoms with Crippen LogP contribution in [0.15, 0.2) is 48.6 Å². The van der Waals surface area contributed by atoms with Crippen molar-refractivity contribution in [3.8, 4) is 0 Å². The van der Waals surface area contributed by atoms with E-state index in [1.807, 2.05) is 6.08 Å². The molecule has 0 aliphatic heterocycles. The van der Waals surface area contributed by atoms with E-state index >= 15 is 0 Å². The summed E-state index contributed by atoms with van der Waals surface area (Å²) in [5.74, 6) is -0.479. The molecule has 0 bridgehead atoms. The number of aliphatic hydroxyl groups excluding tert-OH is 2. The van der Waals surface area contributed by atoms with Crippen LogP contribution >= 0.6 is 7.82 Å². The number of nitrogens with two attached hydrogens (primary N) is 1. The Labute approximate surface area is 318 Å². The third kappa shape index (κ3) is 35.4. The van der Waals surface area contributed by atoms with Crippen LogP contribution in [0.2, 0.25) is 0 Å². The maximum atomic E-state index is 12.7. The van der Waals surface area contributed by atoms with Crippen LogP contribution in [0.1, 0.15) is 174 Å². The monoisotopic (exact) mass is 755 g/mol. The second kappa shape index (κ2) is 37.7. The Bertz CT molecular complexity index is 972. The number of phosphoric acid groups is 1. The van der Waals surface area contributed by atoms with Gasteiger partial charge in [0.25, 0.3) is 0 Å². The van der Waals surface area contributed by atoms with E-state index in [1.54, 1.807) is 6.08 Å². The van der Waals surface area contributed by atoms with Crippen molar-refractivity contribution in [2.24, 2.45) is 5.73 Å². The number of nitrogens with one attached hydrogen (secondary N) is 1. The third-order valence-corrected chi connectivity index (χ3v) is 9.89. The first-order valence-corrected chi connectivity index (χ1v) is 22.3. The molecule has 10 heteroatoms. The number of carbonyl (C=O) groups excluding carboxylic acids is 1. The van der Waals surface area contributed by atoms with E-state index in [-0.39, 0.29) is 19.6 Å². The normalized spacial score (nSPS) is 15.3. The van der Waals surface area contributed by atoms with Gasteiger partial charge in [-0.2, -0.15) is 0 Å². The van der Waals surface area contributed by atoms with Crippen molar-refractivity contribution >= 4 is 13.7 Å². The minimum absolute atomic E-state index is 0.0385. The van der Waals surface area contributed by atoms with E-state index in [0.717, 1.165) is 44.9 Å². The van der Waals surface area contributed by atoms with Gasteiger partial charge in [-0.1, -0.05) is 146 Å². The molecule has 0 aromatic carbocycles. The fourth-order valence-electron chi connectivity index (χ4n) is 5.74. The Morgan fingerprint density at radius 2 is 1.10 bits per heavy atom. The van der Waals surface area contributed by atoms with Crippen molar-refractivity contribution in [3.63, 3.8) is 0 Å². The lowest BCUT2D eigenvalue weighted by Crippen LogP contribution is -2.46. The van der Waals surface area contributed by atoms with Crippen LogP contribution in [-0.4, -0.2) is 59.0 Å². The molecule has 4 atom stereocenters. The zero-order chi connectivity index (χ0) is 38.4. The highest BCUT2D eigenvalue weighted by atomic mass is 31.2. The molecule has 0 radical (unpaired) electrons. The molecular formula is C42H79N2O7P. The predicted octanol–water partition coefficient (Wildman–Crippen LogP) is 10.3. The third-order valence-electron chi connectivity index (χ3n) is 8.91. The number of hydrogen-bond acceptors (Lipinski definition) is 7. The molecule has 0 fully saturated rings. The van der Waals surface area contributed by atoms with Gasteiger partial charge in [0, 0.05) is 6.54 Å². The van der Waals surface area contributed by atoms with E-state index in [1.165, 1.54) is 96.3 Å². The summed E-state index contributed by atoms with van der Waals surface area (Å²) in [6.45, 7) is 3.90. The number of carbonyl (C=O) groups is 1. The van der Waals surface area contributed by atoms with E-state index in [0.29, 0.717) is 12.8 Å². The van der Waals surface area contributed by atoms with Gasteiger partial charge in [0.15, 0.2) is 0 Å². The molecule has 0 rings (SSSR count). The van der Waals surface area contributed by atoms with Crippen molar-refractivity contribution in [1.29, 1.82) is 0 Å². The highest BCUT2D eigenvalue weighted by Gasteiger charge is 2.27. The molecule has 0 saturated heterocycles. The average molecular weight is 755 g/mol. The fourth-order valence-corrected chi connectivity index (χ4v) is 6.50. The predicted molar refractivity (Wildman–Crippen MR) is 218 cm³/mol. The minimum Gasteiger partial charge on any atom is -0.393 e. The Kier molecular flexibility index (Phi) is 36.6. The Morgan fingerprint density at radius 1 is 0.654 bits per heavy atom. The van der Waals surface area contributed by atoms with Crippen LogP contribution in [0.25, 0.3) is 0 Å². The van der Waals surface area contributed by atoms with Crippen LogP contribution in [0.4, 0.5) is 0 Å². The summed E-state index contributed by atoms with van der Waals surface area (Å²) in [6.07, 6.45) is 42.1. The maximum Gasteiger partial charge on any atom is 0.472 e. The van der Waals surface area contributed by atoms with Gasteiger partial charge < -0.3 is 26.2 Å². The number of rotatable bonds is 38. The molecule has 4 unspecified atom stereocenters. The van der Waals surface area contributed by atoms with Gasteiger partial charge in [-0.3, -0.25) is 13.8 Å². The van der Waals surface area contributed by atoms with Crippen LogP contribution in [0.5, 0.6) is 0 Å². The molecule has 6 N–H and O–H groups in total. The number of aliphatic hydroxyl groups is 2. The molecule has 0 saturated carbocycles. The van der Waals surface area contributed by atoms with Gasteiger partial charge in [0.1, 0.15) is 0 Å². The molecule has 52 heavy (non-hydrogen) atoms. The zero-order valence-electron chi connectivity index (χ0n) is 33.1. The topological polar surface area (TPSA) is 151 Å². The molecule has 304 valence electrons. The lowest BCUT2D eigenvalue weighted by Gasteiger charge is -2.24. The average Bonchev–Trinajstić information content (AvgIpc) is 3.12. The number of amides is 1. The van der Waals surface area contributed by atoms with Gasteiger partial charge in [0.2, 0.25) is 5.91 Å².